The summed E-state index contributed by atoms with van der Waals surface area (Å²) in [4.78, 5) is 12.4. The van der Waals surface area contributed by atoms with E-state index in [2.05, 4.69) is 6.07 Å². The number of amides is 1. The van der Waals surface area contributed by atoms with Gasteiger partial charge in [-0.3, -0.25) is 4.79 Å². The molecule has 0 aliphatic rings. The van der Waals surface area contributed by atoms with Crippen LogP contribution in [0.1, 0.15) is 20.1 Å². The summed E-state index contributed by atoms with van der Waals surface area (Å²) < 4.78 is 0. The Kier molecular flexibility index (Phi) is 2.94. The van der Waals surface area contributed by atoms with E-state index in [1.54, 1.807) is 0 Å². The Balaban J connectivity index is 2.73. The molecule has 0 saturated heterocycles. The zero-order valence-corrected chi connectivity index (χ0v) is 10.0. The molecule has 1 heterocycles. The van der Waals surface area contributed by atoms with Crippen LogP contribution in [0.2, 0.25) is 0 Å². The zero-order valence-electron chi connectivity index (χ0n) is 9.23. The van der Waals surface area contributed by atoms with Gasteiger partial charge in [-0.2, -0.15) is 5.26 Å². The van der Waals surface area contributed by atoms with Crippen LogP contribution in [0, 0.1) is 18.3 Å². The molecule has 0 radical (unpaired) electrons. The number of carbonyl (C=O) groups is 1. The molecule has 0 fully saturated rings. The van der Waals surface area contributed by atoms with Crippen molar-refractivity contribution in [1.82, 2.24) is 0 Å². The first-order chi connectivity index (χ1) is 8.15. The van der Waals surface area contributed by atoms with Gasteiger partial charge in [0.2, 0.25) is 0 Å². The van der Waals surface area contributed by atoms with E-state index in [4.69, 9.17) is 11.0 Å². The maximum atomic E-state index is 11.4. The molecule has 2 N–H and O–H groups in total. The number of hydrogen-bond acceptors (Lipinski definition) is 3. The van der Waals surface area contributed by atoms with Crippen LogP contribution in [-0.4, -0.2) is 5.91 Å². The van der Waals surface area contributed by atoms with Gasteiger partial charge in [0.25, 0.3) is 5.91 Å². The molecule has 0 atom stereocenters. The minimum absolute atomic E-state index is 0.449. The highest BCUT2D eigenvalue weighted by atomic mass is 32.1. The summed E-state index contributed by atoms with van der Waals surface area (Å²) >= 11 is 1.15. The topological polar surface area (TPSA) is 66.9 Å². The first-order valence-corrected chi connectivity index (χ1v) is 5.85. The number of nitrogens with two attached hydrogens (primary N) is 1. The monoisotopic (exact) mass is 242 g/mol. The largest absolute Gasteiger partial charge is 0.365 e. The maximum absolute atomic E-state index is 11.4. The van der Waals surface area contributed by atoms with Crippen molar-refractivity contribution in [2.45, 2.75) is 6.92 Å². The number of hydrogen-bond donors (Lipinski definition) is 1. The van der Waals surface area contributed by atoms with E-state index in [0.29, 0.717) is 9.75 Å². The molecule has 84 valence electrons. The molecule has 0 aliphatic heterocycles. The van der Waals surface area contributed by atoms with Gasteiger partial charge in [-0.05, 0) is 18.1 Å². The number of nitriles is 1. The van der Waals surface area contributed by atoms with Crippen molar-refractivity contribution < 1.29 is 4.79 Å². The van der Waals surface area contributed by atoms with Crippen molar-refractivity contribution in [3.8, 4) is 17.2 Å². The minimum atomic E-state index is -0.488. The molecular formula is C13H10N2OS. The molecule has 3 nitrogen and oxygen atoms in total. The lowest BCUT2D eigenvalue weighted by molar-refractivity contribution is 0.100. The Hall–Kier alpha value is -2.12. The highest BCUT2D eigenvalue weighted by Gasteiger charge is 2.19. The summed E-state index contributed by atoms with van der Waals surface area (Å²) in [5, 5.41) is 8.99. The molecule has 0 bridgehead atoms. The van der Waals surface area contributed by atoms with E-state index in [0.717, 1.165) is 28.0 Å². The van der Waals surface area contributed by atoms with Crippen molar-refractivity contribution in [3.63, 3.8) is 0 Å². The van der Waals surface area contributed by atoms with E-state index in [1.165, 1.54) is 0 Å². The summed E-state index contributed by atoms with van der Waals surface area (Å²) in [7, 11) is 0. The Morgan fingerprint density at radius 2 is 2.00 bits per heavy atom. The molecule has 0 unspecified atom stereocenters. The molecule has 4 heteroatoms. The average Bonchev–Trinajstić information content (AvgIpc) is 2.67. The summed E-state index contributed by atoms with van der Waals surface area (Å²) in [5.74, 6) is -0.488. The number of benzene rings is 1. The third-order valence-electron chi connectivity index (χ3n) is 2.53. The second-order valence-corrected chi connectivity index (χ2v) is 4.62. The molecular weight excluding hydrogens is 232 g/mol. The predicted molar refractivity (Wildman–Crippen MR) is 67.7 cm³/mol. The fourth-order valence-corrected chi connectivity index (χ4v) is 2.72. The predicted octanol–water partition coefficient (Wildman–Crippen LogP) is 2.69. The average molecular weight is 242 g/mol. The van der Waals surface area contributed by atoms with E-state index < -0.39 is 5.91 Å². The van der Waals surface area contributed by atoms with Crippen LogP contribution in [-0.2, 0) is 0 Å². The van der Waals surface area contributed by atoms with Gasteiger partial charge in [-0.15, -0.1) is 11.3 Å². The van der Waals surface area contributed by atoms with E-state index >= 15 is 0 Å². The van der Waals surface area contributed by atoms with E-state index in [1.807, 2.05) is 37.3 Å². The van der Waals surface area contributed by atoms with Crippen molar-refractivity contribution >= 4 is 17.2 Å². The third-order valence-corrected chi connectivity index (χ3v) is 3.75. The number of primary amides is 1. The molecule has 1 aromatic carbocycles. The molecule has 0 spiro atoms. The highest BCUT2D eigenvalue weighted by molar-refractivity contribution is 7.15. The van der Waals surface area contributed by atoms with Crippen molar-refractivity contribution in [1.29, 1.82) is 5.26 Å². The van der Waals surface area contributed by atoms with Crippen molar-refractivity contribution in [2.75, 3.05) is 0 Å². The standard InChI is InChI=1S/C13H10N2OS/c1-8-10(7-14)17-12(13(15)16)11(8)9-5-3-2-4-6-9/h2-6H,1H3,(H2,15,16). The fourth-order valence-electron chi connectivity index (χ4n) is 1.75. The van der Waals surface area contributed by atoms with Crippen LogP contribution in [0.5, 0.6) is 0 Å². The summed E-state index contributed by atoms with van der Waals surface area (Å²) in [6, 6.07) is 11.6. The molecule has 2 rings (SSSR count). The van der Waals surface area contributed by atoms with Gasteiger partial charge >= 0.3 is 0 Å². The molecule has 1 aromatic heterocycles. The lowest BCUT2D eigenvalue weighted by Gasteiger charge is -2.02. The Morgan fingerprint density at radius 1 is 1.35 bits per heavy atom. The molecule has 1 amide bonds. The van der Waals surface area contributed by atoms with E-state index in [-0.39, 0.29) is 0 Å². The number of thiophene rings is 1. The van der Waals surface area contributed by atoms with Crippen LogP contribution in [0.3, 0.4) is 0 Å². The Labute approximate surface area is 103 Å². The van der Waals surface area contributed by atoms with Crippen LogP contribution in [0.15, 0.2) is 30.3 Å². The van der Waals surface area contributed by atoms with Crippen LogP contribution in [0.4, 0.5) is 0 Å². The third kappa shape index (κ3) is 1.93. The SMILES string of the molecule is Cc1c(C#N)sc(C(N)=O)c1-c1ccccc1. The van der Waals surface area contributed by atoms with Gasteiger partial charge < -0.3 is 5.73 Å². The second kappa shape index (κ2) is 4.40. The first-order valence-electron chi connectivity index (χ1n) is 5.04. The maximum Gasteiger partial charge on any atom is 0.259 e. The normalized spacial score (nSPS) is 9.88. The van der Waals surface area contributed by atoms with E-state index in [9.17, 15) is 4.79 Å². The van der Waals surface area contributed by atoms with Crippen molar-refractivity contribution in [2.24, 2.45) is 5.73 Å². The highest BCUT2D eigenvalue weighted by Crippen LogP contribution is 2.35. The van der Waals surface area contributed by atoms with Gasteiger partial charge in [0, 0.05) is 5.56 Å². The summed E-state index contributed by atoms with van der Waals surface area (Å²) in [5.41, 5.74) is 7.86. The Morgan fingerprint density at radius 3 is 2.53 bits per heavy atom. The van der Waals surface area contributed by atoms with Gasteiger partial charge in [-0.25, -0.2) is 0 Å². The quantitative estimate of drug-likeness (QED) is 0.879. The molecule has 2 aromatic rings. The zero-order chi connectivity index (χ0) is 12.4. The van der Waals surface area contributed by atoms with Gasteiger partial charge in [0.05, 0.1) is 0 Å². The molecule has 0 aliphatic carbocycles. The minimum Gasteiger partial charge on any atom is -0.365 e. The fraction of sp³-hybridized carbons (Fsp3) is 0.0769. The summed E-state index contributed by atoms with van der Waals surface area (Å²) in [6.07, 6.45) is 0. The smallest absolute Gasteiger partial charge is 0.259 e. The second-order valence-electron chi connectivity index (χ2n) is 3.60. The van der Waals surface area contributed by atoms with Gasteiger partial charge in [-0.1, -0.05) is 30.3 Å². The van der Waals surface area contributed by atoms with Crippen molar-refractivity contribution in [3.05, 3.63) is 45.6 Å². The number of rotatable bonds is 2. The number of nitrogens with zero attached hydrogens (tertiary/aromatic N) is 1. The molecule has 17 heavy (non-hydrogen) atoms. The van der Waals surface area contributed by atoms with Crippen LogP contribution < -0.4 is 5.73 Å². The lowest BCUT2D eigenvalue weighted by atomic mass is 10.0. The van der Waals surface area contributed by atoms with Gasteiger partial charge in [0.15, 0.2) is 0 Å². The lowest BCUT2D eigenvalue weighted by Crippen LogP contribution is -2.10. The number of carbonyl (C=O) groups excluding carboxylic acids is 1. The van der Waals surface area contributed by atoms with Crippen LogP contribution >= 0.6 is 11.3 Å². The molecule has 0 saturated carbocycles. The van der Waals surface area contributed by atoms with Gasteiger partial charge in [0.1, 0.15) is 15.8 Å². The first kappa shape index (κ1) is 11.4. The van der Waals surface area contributed by atoms with Crippen LogP contribution in [0.25, 0.3) is 11.1 Å². The summed E-state index contributed by atoms with van der Waals surface area (Å²) in [6.45, 7) is 1.84. The Bertz CT molecular complexity index is 608.